The highest BCUT2D eigenvalue weighted by Gasteiger charge is 2.23. The largest absolute Gasteiger partial charge is 0.376 e. The van der Waals surface area contributed by atoms with Gasteiger partial charge in [-0.15, -0.1) is 0 Å². The zero-order valence-corrected chi connectivity index (χ0v) is 13.9. The van der Waals surface area contributed by atoms with Crippen LogP contribution in [0.1, 0.15) is 30.5 Å². The van der Waals surface area contributed by atoms with Gasteiger partial charge in [-0.25, -0.2) is 0 Å². The molecule has 0 unspecified atom stereocenters. The number of carbonyl (C=O) groups excluding carboxylic acids is 1. The first-order valence-electron chi connectivity index (χ1n) is 8.47. The molecule has 3 rings (SSSR count). The summed E-state index contributed by atoms with van der Waals surface area (Å²) in [5.41, 5.74) is 6.03. The number of benzene rings is 2. The molecule has 0 radical (unpaired) electrons. The summed E-state index contributed by atoms with van der Waals surface area (Å²) in [6.45, 7) is 5.44. The number of nitrogens with zero attached hydrogens (tertiary/aromatic N) is 1. The SMILES string of the molecule is CCc1cccc(CC)c1NCC(=O)N1CCc2ccccc21. The first-order chi connectivity index (χ1) is 11.2. The van der Waals surface area contributed by atoms with Crippen LogP contribution in [0.5, 0.6) is 0 Å². The van der Waals surface area contributed by atoms with E-state index >= 15 is 0 Å². The predicted octanol–water partition coefficient (Wildman–Crippen LogP) is 3.81. The maximum absolute atomic E-state index is 12.6. The van der Waals surface area contributed by atoms with Gasteiger partial charge in [0.25, 0.3) is 0 Å². The number of amides is 1. The minimum atomic E-state index is 0.142. The van der Waals surface area contributed by atoms with Crippen LogP contribution in [0.25, 0.3) is 0 Å². The summed E-state index contributed by atoms with van der Waals surface area (Å²) in [4.78, 5) is 14.5. The average molecular weight is 308 g/mol. The van der Waals surface area contributed by atoms with Crippen molar-refractivity contribution in [1.29, 1.82) is 0 Å². The molecule has 3 heteroatoms. The Morgan fingerprint density at radius 2 is 1.74 bits per heavy atom. The molecule has 0 saturated carbocycles. The second kappa shape index (κ2) is 6.86. The van der Waals surface area contributed by atoms with Crippen molar-refractivity contribution in [1.82, 2.24) is 0 Å². The van der Waals surface area contributed by atoms with Crippen LogP contribution in [-0.2, 0) is 24.1 Å². The van der Waals surface area contributed by atoms with E-state index in [-0.39, 0.29) is 5.91 Å². The van der Waals surface area contributed by atoms with E-state index in [2.05, 4.69) is 43.4 Å². The van der Waals surface area contributed by atoms with Crippen LogP contribution in [0.15, 0.2) is 42.5 Å². The summed E-state index contributed by atoms with van der Waals surface area (Å²) in [5.74, 6) is 0.142. The fourth-order valence-electron chi connectivity index (χ4n) is 3.33. The van der Waals surface area contributed by atoms with Gasteiger partial charge in [-0.05, 0) is 42.0 Å². The fourth-order valence-corrected chi connectivity index (χ4v) is 3.33. The number of aryl methyl sites for hydroxylation is 2. The summed E-state index contributed by atoms with van der Waals surface area (Å²) in [7, 11) is 0. The molecule has 0 fully saturated rings. The Balaban J connectivity index is 1.74. The lowest BCUT2D eigenvalue weighted by Gasteiger charge is -2.20. The quantitative estimate of drug-likeness (QED) is 0.911. The van der Waals surface area contributed by atoms with Gasteiger partial charge in [0, 0.05) is 17.9 Å². The molecule has 1 aliphatic heterocycles. The predicted molar refractivity (Wildman–Crippen MR) is 96.2 cm³/mol. The van der Waals surface area contributed by atoms with Gasteiger partial charge in [0.15, 0.2) is 0 Å². The zero-order chi connectivity index (χ0) is 16.2. The maximum Gasteiger partial charge on any atom is 0.246 e. The van der Waals surface area contributed by atoms with E-state index in [0.717, 1.165) is 37.2 Å². The van der Waals surface area contributed by atoms with E-state index in [1.54, 1.807) is 0 Å². The van der Waals surface area contributed by atoms with Gasteiger partial charge >= 0.3 is 0 Å². The molecule has 0 saturated heterocycles. The third-order valence-electron chi connectivity index (χ3n) is 4.60. The molecule has 1 amide bonds. The number of hydrogen-bond donors (Lipinski definition) is 1. The molecule has 23 heavy (non-hydrogen) atoms. The van der Waals surface area contributed by atoms with Gasteiger partial charge in [0.1, 0.15) is 0 Å². The standard InChI is InChI=1S/C20H24N2O/c1-3-15-9-7-10-16(4-2)20(15)21-14-19(23)22-13-12-17-8-5-6-11-18(17)22/h5-11,21H,3-4,12-14H2,1-2H3. The summed E-state index contributed by atoms with van der Waals surface area (Å²) in [5, 5.41) is 3.40. The minimum Gasteiger partial charge on any atom is -0.376 e. The highest BCUT2D eigenvalue weighted by atomic mass is 16.2. The zero-order valence-electron chi connectivity index (χ0n) is 13.9. The van der Waals surface area contributed by atoms with Crippen molar-refractivity contribution in [3.8, 4) is 0 Å². The van der Waals surface area contributed by atoms with Crippen LogP contribution in [0.4, 0.5) is 11.4 Å². The van der Waals surface area contributed by atoms with Crippen molar-refractivity contribution in [2.24, 2.45) is 0 Å². The Bertz CT molecular complexity index is 686. The van der Waals surface area contributed by atoms with Crippen molar-refractivity contribution in [2.75, 3.05) is 23.3 Å². The lowest BCUT2D eigenvalue weighted by Crippen LogP contribution is -2.34. The number of para-hydroxylation sites is 2. The topological polar surface area (TPSA) is 32.3 Å². The van der Waals surface area contributed by atoms with E-state index in [1.165, 1.54) is 16.7 Å². The molecule has 1 heterocycles. The fraction of sp³-hybridized carbons (Fsp3) is 0.350. The molecular weight excluding hydrogens is 284 g/mol. The Morgan fingerprint density at radius 1 is 1.04 bits per heavy atom. The molecule has 1 N–H and O–H groups in total. The van der Waals surface area contributed by atoms with E-state index < -0.39 is 0 Å². The lowest BCUT2D eigenvalue weighted by molar-refractivity contribution is -0.116. The van der Waals surface area contributed by atoms with Gasteiger partial charge in [-0.3, -0.25) is 4.79 Å². The van der Waals surface area contributed by atoms with E-state index in [9.17, 15) is 4.79 Å². The minimum absolute atomic E-state index is 0.142. The highest BCUT2D eigenvalue weighted by molar-refractivity contribution is 5.98. The number of fused-ring (bicyclic) bond motifs is 1. The van der Waals surface area contributed by atoms with E-state index in [0.29, 0.717) is 6.54 Å². The second-order valence-electron chi connectivity index (χ2n) is 5.94. The Hall–Kier alpha value is -2.29. The van der Waals surface area contributed by atoms with Gasteiger partial charge in [0.2, 0.25) is 5.91 Å². The van der Waals surface area contributed by atoms with Crippen molar-refractivity contribution in [3.63, 3.8) is 0 Å². The van der Waals surface area contributed by atoms with Crippen LogP contribution >= 0.6 is 0 Å². The highest BCUT2D eigenvalue weighted by Crippen LogP contribution is 2.28. The lowest BCUT2D eigenvalue weighted by atomic mass is 10.0. The molecule has 0 bridgehead atoms. The van der Waals surface area contributed by atoms with Crippen LogP contribution in [0, 0.1) is 0 Å². The average Bonchev–Trinajstić information content (AvgIpc) is 3.03. The van der Waals surface area contributed by atoms with Crippen LogP contribution in [-0.4, -0.2) is 19.0 Å². The van der Waals surface area contributed by atoms with Gasteiger partial charge in [-0.1, -0.05) is 50.2 Å². The molecule has 0 aliphatic carbocycles. The third-order valence-corrected chi connectivity index (χ3v) is 4.60. The van der Waals surface area contributed by atoms with Crippen LogP contribution in [0.2, 0.25) is 0 Å². The molecule has 1 aliphatic rings. The third kappa shape index (κ3) is 3.09. The normalized spacial score (nSPS) is 13.0. The van der Waals surface area contributed by atoms with Crippen molar-refractivity contribution >= 4 is 17.3 Å². The van der Waals surface area contributed by atoms with E-state index in [4.69, 9.17) is 0 Å². The molecule has 2 aromatic rings. The van der Waals surface area contributed by atoms with Crippen LogP contribution in [0.3, 0.4) is 0 Å². The number of hydrogen-bond acceptors (Lipinski definition) is 2. The smallest absolute Gasteiger partial charge is 0.246 e. The van der Waals surface area contributed by atoms with Gasteiger partial charge < -0.3 is 10.2 Å². The Morgan fingerprint density at radius 3 is 2.43 bits per heavy atom. The summed E-state index contributed by atoms with van der Waals surface area (Å²) in [6.07, 6.45) is 2.89. The molecule has 0 atom stereocenters. The number of anilines is 2. The van der Waals surface area contributed by atoms with Gasteiger partial charge in [0.05, 0.1) is 6.54 Å². The number of carbonyl (C=O) groups is 1. The number of nitrogens with one attached hydrogen (secondary N) is 1. The van der Waals surface area contributed by atoms with Crippen LogP contribution < -0.4 is 10.2 Å². The monoisotopic (exact) mass is 308 g/mol. The molecule has 120 valence electrons. The first kappa shape index (κ1) is 15.6. The molecule has 3 nitrogen and oxygen atoms in total. The molecule has 0 aromatic heterocycles. The van der Waals surface area contributed by atoms with Crippen molar-refractivity contribution in [2.45, 2.75) is 33.1 Å². The maximum atomic E-state index is 12.6. The van der Waals surface area contributed by atoms with Crippen molar-refractivity contribution < 1.29 is 4.79 Å². The summed E-state index contributed by atoms with van der Waals surface area (Å²) in [6, 6.07) is 14.6. The Labute approximate surface area is 138 Å². The first-order valence-corrected chi connectivity index (χ1v) is 8.47. The summed E-state index contributed by atoms with van der Waals surface area (Å²) < 4.78 is 0. The van der Waals surface area contributed by atoms with Gasteiger partial charge in [-0.2, -0.15) is 0 Å². The summed E-state index contributed by atoms with van der Waals surface area (Å²) >= 11 is 0. The molecule has 2 aromatic carbocycles. The molecular formula is C20H24N2O. The second-order valence-corrected chi connectivity index (χ2v) is 5.94. The van der Waals surface area contributed by atoms with Crippen molar-refractivity contribution in [3.05, 3.63) is 59.2 Å². The van der Waals surface area contributed by atoms with E-state index in [1.807, 2.05) is 23.1 Å². The molecule has 0 spiro atoms. The Kier molecular flexibility index (Phi) is 4.65. The number of rotatable bonds is 5.